The summed E-state index contributed by atoms with van der Waals surface area (Å²) in [7, 11) is 1.84. The van der Waals surface area contributed by atoms with Gasteiger partial charge in [-0.05, 0) is 30.8 Å². The smallest absolute Gasteiger partial charge is 0.324 e. The third-order valence-electron chi connectivity index (χ3n) is 6.25. The number of hydrogen-bond acceptors (Lipinski definition) is 5. The normalized spacial score (nSPS) is 14.6. The first-order chi connectivity index (χ1) is 15.9. The molecule has 4 rings (SSSR count). The molecule has 0 radical (unpaired) electrons. The van der Waals surface area contributed by atoms with Gasteiger partial charge in [-0.25, -0.2) is 9.18 Å². The van der Waals surface area contributed by atoms with Crippen molar-refractivity contribution in [3.8, 4) is 0 Å². The number of urea groups is 1. The van der Waals surface area contributed by atoms with Crippen molar-refractivity contribution in [1.82, 2.24) is 19.6 Å². The first-order valence-corrected chi connectivity index (χ1v) is 11.1. The van der Waals surface area contributed by atoms with Crippen LogP contribution in [0.4, 0.5) is 14.9 Å². The zero-order chi connectivity index (χ0) is 23.5. The molecule has 1 saturated heterocycles. The monoisotopic (exact) mass is 452 g/mol. The Bertz CT molecular complexity index is 1170. The fourth-order valence-corrected chi connectivity index (χ4v) is 4.13. The van der Waals surface area contributed by atoms with Crippen molar-refractivity contribution in [1.29, 1.82) is 0 Å². The molecular formula is C24H29FN6O2. The van der Waals surface area contributed by atoms with Gasteiger partial charge in [0.05, 0.1) is 24.8 Å². The van der Waals surface area contributed by atoms with Crippen molar-refractivity contribution in [3.63, 3.8) is 0 Å². The van der Waals surface area contributed by atoms with E-state index in [2.05, 4.69) is 16.9 Å². The van der Waals surface area contributed by atoms with Gasteiger partial charge in [0.2, 0.25) is 0 Å². The SMILES string of the molecule is CCN1CCN(C(=O)N(Cc2ccc(C(=O)CN)cc2F)c2ccc3cnn(C)c3c2)CC1. The second-order valence-corrected chi connectivity index (χ2v) is 8.23. The van der Waals surface area contributed by atoms with Crippen LogP contribution in [0.25, 0.3) is 10.9 Å². The number of carbonyl (C=O) groups is 2. The lowest BCUT2D eigenvalue weighted by Gasteiger charge is -2.37. The number of benzene rings is 2. The minimum Gasteiger partial charge on any atom is -0.324 e. The van der Waals surface area contributed by atoms with E-state index in [0.717, 1.165) is 30.5 Å². The van der Waals surface area contributed by atoms with Crippen molar-refractivity contribution < 1.29 is 14.0 Å². The number of rotatable bonds is 6. The van der Waals surface area contributed by atoms with Crippen LogP contribution in [0.2, 0.25) is 0 Å². The molecule has 33 heavy (non-hydrogen) atoms. The van der Waals surface area contributed by atoms with E-state index >= 15 is 0 Å². The highest BCUT2D eigenvalue weighted by molar-refractivity contribution is 5.97. The van der Waals surface area contributed by atoms with E-state index in [1.807, 2.05) is 30.1 Å². The molecule has 8 nitrogen and oxygen atoms in total. The summed E-state index contributed by atoms with van der Waals surface area (Å²) in [6, 6.07) is 9.79. The van der Waals surface area contributed by atoms with E-state index in [0.29, 0.717) is 24.3 Å². The number of hydrogen-bond donors (Lipinski definition) is 1. The van der Waals surface area contributed by atoms with Gasteiger partial charge in [-0.1, -0.05) is 19.1 Å². The first-order valence-electron chi connectivity index (χ1n) is 11.1. The molecule has 3 aromatic rings. The van der Waals surface area contributed by atoms with Gasteiger partial charge in [0.15, 0.2) is 5.78 Å². The lowest BCUT2D eigenvalue weighted by molar-refractivity contribution is 0.100. The standard InChI is InChI=1S/C24H29FN6O2/c1-3-29-8-10-30(11-9-29)24(33)31(20-7-6-18-15-27-28(2)22(18)13-20)16-19-5-4-17(12-21(19)25)23(32)14-26/h4-7,12-13,15H,3,8-11,14,16,26H2,1-2H3. The largest absolute Gasteiger partial charge is 0.324 e. The van der Waals surface area contributed by atoms with E-state index in [4.69, 9.17) is 5.73 Å². The molecule has 2 aromatic carbocycles. The average Bonchev–Trinajstić information content (AvgIpc) is 3.22. The van der Waals surface area contributed by atoms with E-state index in [1.54, 1.807) is 27.9 Å². The molecule has 9 heteroatoms. The number of anilines is 1. The number of fused-ring (bicyclic) bond motifs is 1. The van der Waals surface area contributed by atoms with Crippen molar-refractivity contribution in [2.24, 2.45) is 12.8 Å². The average molecular weight is 453 g/mol. The molecule has 2 amide bonds. The quantitative estimate of drug-likeness (QED) is 0.581. The first kappa shape index (κ1) is 22.9. The maximum atomic E-state index is 14.9. The summed E-state index contributed by atoms with van der Waals surface area (Å²) in [4.78, 5) is 31.1. The lowest BCUT2D eigenvalue weighted by Crippen LogP contribution is -2.52. The number of nitrogens with zero attached hydrogens (tertiary/aromatic N) is 5. The third-order valence-corrected chi connectivity index (χ3v) is 6.25. The summed E-state index contributed by atoms with van der Waals surface area (Å²) in [5.74, 6) is -0.867. The summed E-state index contributed by atoms with van der Waals surface area (Å²) >= 11 is 0. The number of halogens is 1. The summed E-state index contributed by atoms with van der Waals surface area (Å²) < 4.78 is 16.7. The number of nitrogens with two attached hydrogens (primary N) is 1. The molecule has 1 fully saturated rings. The molecule has 0 unspecified atom stereocenters. The second kappa shape index (κ2) is 9.68. The summed E-state index contributed by atoms with van der Waals surface area (Å²) in [6.07, 6.45) is 1.77. The topological polar surface area (TPSA) is 87.7 Å². The minimum absolute atomic E-state index is 0.0408. The van der Waals surface area contributed by atoms with Crippen LogP contribution in [0, 0.1) is 5.82 Å². The maximum absolute atomic E-state index is 14.9. The molecule has 174 valence electrons. The molecular weight excluding hydrogens is 423 g/mol. The van der Waals surface area contributed by atoms with Gasteiger partial charge in [-0.3, -0.25) is 14.4 Å². The Morgan fingerprint density at radius 1 is 1.12 bits per heavy atom. The van der Waals surface area contributed by atoms with Crippen molar-refractivity contribution >= 4 is 28.4 Å². The Labute approximate surface area is 192 Å². The van der Waals surface area contributed by atoms with Crippen molar-refractivity contribution in [3.05, 3.63) is 59.5 Å². The number of carbonyl (C=O) groups excluding carboxylic acids is 2. The second-order valence-electron chi connectivity index (χ2n) is 8.23. The predicted octanol–water partition coefficient (Wildman–Crippen LogP) is 2.62. The van der Waals surface area contributed by atoms with E-state index in [-0.39, 0.29) is 30.5 Å². The van der Waals surface area contributed by atoms with Crippen molar-refractivity contribution in [2.75, 3.05) is 44.2 Å². The van der Waals surface area contributed by atoms with Gasteiger partial charge in [0.1, 0.15) is 5.82 Å². The molecule has 0 aliphatic carbocycles. The van der Waals surface area contributed by atoms with Crippen molar-refractivity contribution in [2.45, 2.75) is 13.5 Å². The van der Waals surface area contributed by atoms with Crippen LogP contribution in [-0.2, 0) is 13.6 Å². The Morgan fingerprint density at radius 3 is 2.55 bits per heavy atom. The van der Waals surface area contributed by atoms with Crippen LogP contribution in [0.3, 0.4) is 0 Å². The van der Waals surface area contributed by atoms with E-state index in [1.165, 1.54) is 6.07 Å². The van der Waals surface area contributed by atoms with Gasteiger partial charge >= 0.3 is 6.03 Å². The Balaban J connectivity index is 1.67. The van der Waals surface area contributed by atoms with E-state index < -0.39 is 5.82 Å². The Kier molecular flexibility index (Phi) is 6.71. The highest BCUT2D eigenvalue weighted by Crippen LogP contribution is 2.26. The number of aromatic nitrogens is 2. The molecule has 2 N–H and O–H groups in total. The highest BCUT2D eigenvalue weighted by atomic mass is 19.1. The number of amides is 2. The van der Waals surface area contributed by atoms with Gasteiger partial charge < -0.3 is 15.5 Å². The molecule has 0 atom stereocenters. The fraction of sp³-hybridized carbons (Fsp3) is 0.375. The van der Waals surface area contributed by atoms with Crippen LogP contribution >= 0.6 is 0 Å². The van der Waals surface area contributed by atoms with Crippen LogP contribution < -0.4 is 10.6 Å². The molecule has 1 aliphatic heterocycles. The molecule has 1 aliphatic rings. The number of piperazine rings is 1. The predicted molar refractivity (Wildman–Crippen MR) is 126 cm³/mol. The number of ketones is 1. The summed E-state index contributed by atoms with van der Waals surface area (Å²) in [6.45, 7) is 5.75. The van der Waals surface area contributed by atoms with Gasteiger partial charge in [-0.15, -0.1) is 0 Å². The Morgan fingerprint density at radius 2 is 1.88 bits per heavy atom. The highest BCUT2D eigenvalue weighted by Gasteiger charge is 2.27. The molecule has 0 spiro atoms. The number of Topliss-reactive ketones (excluding diaryl/α,β-unsaturated/α-hetero) is 1. The Hall–Kier alpha value is -3.30. The zero-order valence-corrected chi connectivity index (χ0v) is 19.0. The molecule has 0 saturated carbocycles. The molecule has 2 heterocycles. The fourth-order valence-electron chi connectivity index (χ4n) is 4.13. The minimum atomic E-state index is -0.537. The molecule has 1 aromatic heterocycles. The van der Waals surface area contributed by atoms with Gasteiger partial charge in [0.25, 0.3) is 0 Å². The molecule has 0 bridgehead atoms. The number of aryl methyl sites for hydroxylation is 1. The maximum Gasteiger partial charge on any atom is 0.324 e. The van der Waals surface area contributed by atoms with Gasteiger partial charge in [-0.2, -0.15) is 5.10 Å². The summed E-state index contributed by atoms with van der Waals surface area (Å²) in [5.41, 5.74) is 7.49. The van der Waals surface area contributed by atoms with Crippen LogP contribution in [-0.4, -0.2) is 70.7 Å². The lowest BCUT2D eigenvalue weighted by atomic mass is 10.1. The zero-order valence-electron chi connectivity index (χ0n) is 19.0. The van der Waals surface area contributed by atoms with Crippen LogP contribution in [0.5, 0.6) is 0 Å². The number of likely N-dealkylation sites (N-methyl/N-ethyl adjacent to an activating group) is 1. The van der Waals surface area contributed by atoms with E-state index in [9.17, 15) is 14.0 Å². The summed E-state index contributed by atoms with van der Waals surface area (Å²) in [5, 5.41) is 5.24. The van der Waals surface area contributed by atoms with Crippen LogP contribution in [0.15, 0.2) is 42.6 Å². The van der Waals surface area contributed by atoms with Gasteiger partial charge in [0, 0.05) is 55.4 Å². The third kappa shape index (κ3) is 4.74. The van der Waals surface area contributed by atoms with Crippen LogP contribution in [0.1, 0.15) is 22.8 Å².